The average Bonchev–Trinajstić information content (AvgIpc) is 2.05. The maximum Gasteiger partial charge on any atom is 0.118 e. The summed E-state index contributed by atoms with van der Waals surface area (Å²) in [6, 6.07) is 0. The standard InChI is InChI=1S/C10H16O/c1-5-8(4)9(6-2)10(11)7-3/h5-7,11H,1-4H3/b8-5-,9-6+,10-7+. The molecule has 0 rings (SSSR count). The van der Waals surface area contributed by atoms with Crippen LogP contribution in [0.3, 0.4) is 0 Å². The topological polar surface area (TPSA) is 20.2 Å². The van der Waals surface area contributed by atoms with Crippen molar-refractivity contribution in [1.29, 1.82) is 0 Å². The Morgan fingerprint density at radius 2 is 1.55 bits per heavy atom. The van der Waals surface area contributed by atoms with Crippen LogP contribution in [0.1, 0.15) is 27.7 Å². The zero-order valence-corrected chi connectivity index (χ0v) is 7.68. The summed E-state index contributed by atoms with van der Waals surface area (Å²) in [4.78, 5) is 0. The molecule has 0 saturated carbocycles. The van der Waals surface area contributed by atoms with Gasteiger partial charge in [-0.1, -0.05) is 12.2 Å². The molecule has 0 aromatic carbocycles. The van der Waals surface area contributed by atoms with E-state index in [0.717, 1.165) is 11.1 Å². The first-order valence-corrected chi connectivity index (χ1v) is 3.82. The van der Waals surface area contributed by atoms with Gasteiger partial charge in [-0.15, -0.1) is 0 Å². The van der Waals surface area contributed by atoms with Crippen molar-refractivity contribution in [2.24, 2.45) is 0 Å². The van der Waals surface area contributed by atoms with Crippen LogP contribution >= 0.6 is 0 Å². The second kappa shape index (κ2) is 4.78. The SMILES string of the molecule is C\C=C(C)/C(=C\C)C(/O)=C\C. The highest BCUT2D eigenvalue weighted by Gasteiger charge is 2.00. The Balaban J connectivity index is 4.72. The van der Waals surface area contributed by atoms with Crippen molar-refractivity contribution in [2.45, 2.75) is 27.7 Å². The molecular formula is C10H16O. The molecule has 0 aromatic rings. The smallest absolute Gasteiger partial charge is 0.118 e. The molecule has 0 aliphatic heterocycles. The van der Waals surface area contributed by atoms with Crippen LogP contribution in [-0.4, -0.2) is 5.11 Å². The molecular weight excluding hydrogens is 136 g/mol. The molecule has 0 radical (unpaired) electrons. The van der Waals surface area contributed by atoms with Gasteiger partial charge in [0.05, 0.1) is 0 Å². The van der Waals surface area contributed by atoms with Gasteiger partial charge in [0, 0.05) is 5.57 Å². The van der Waals surface area contributed by atoms with Crippen LogP contribution in [0.2, 0.25) is 0 Å². The van der Waals surface area contributed by atoms with Crippen molar-refractivity contribution in [2.75, 3.05) is 0 Å². The fraction of sp³-hybridized carbons (Fsp3) is 0.400. The van der Waals surface area contributed by atoms with Crippen molar-refractivity contribution in [3.05, 3.63) is 35.1 Å². The molecule has 0 bridgehead atoms. The Morgan fingerprint density at radius 1 is 1.00 bits per heavy atom. The summed E-state index contributed by atoms with van der Waals surface area (Å²) in [5, 5.41) is 9.37. The molecule has 1 heteroatoms. The van der Waals surface area contributed by atoms with Crippen molar-refractivity contribution < 1.29 is 5.11 Å². The first-order chi connectivity index (χ1) is 5.17. The Morgan fingerprint density at radius 3 is 1.82 bits per heavy atom. The normalized spacial score (nSPS) is 15.5. The summed E-state index contributed by atoms with van der Waals surface area (Å²) in [5.41, 5.74) is 2.01. The zero-order chi connectivity index (χ0) is 8.85. The maximum absolute atomic E-state index is 9.37. The number of rotatable bonds is 2. The van der Waals surface area contributed by atoms with E-state index in [1.807, 2.05) is 39.8 Å². The lowest BCUT2D eigenvalue weighted by atomic mass is 10.1. The van der Waals surface area contributed by atoms with Gasteiger partial charge in [0.25, 0.3) is 0 Å². The van der Waals surface area contributed by atoms with Crippen LogP contribution in [0, 0.1) is 0 Å². The summed E-state index contributed by atoms with van der Waals surface area (Å²) in [7, 11) is 0. The lowest BCUT2D eigenvalue weighted by Crippen LogP contribution is -1.89. The minimum atomic E-state index is 0.350. The third-order valence-corrected chi connectivity index (χ3v) is 1.70. The van der Waals surface area contributed by atoms with Gasteiger partial charge in [0.1, 0.15) is 5.76 Å². The molecule has 0 aliphatic rings. The number of aliphatic hydroxyl groups excluding tert-OH is 1. The highest BCUT2D eigenvalue weighted by atomic mass is 16.3. The molecule has 0 aromatic heterocycles. The molecule has 0 spiro atoms. The van der Waals surface area contributed by atoms with E-state index in [1.54, 1.807) is 6.08 Å². The van der Waals surface area contributed by atoms with Crippen LogP contribution < -0.4 is 0 Å². The molecule has 62 valence electrons. The van der Waals surface area contributed by atoms with Crippen LogP contribution in [0.25, 0.3) is 0 Å². The summed E-state index contributed by atoms with van der Waals surface area (Å²) in [6.07, 6.45) is 5.59. The van der Waals surface area contributed by atoms with Crippen molar-refractivity contribution in [1.82, 2.24) is 0 Å². The van der Waals surface area contributed by atoms with E-state index in [9.17, 15) is 5.11 Å². The van der Waals surface area contributed by atoms with Gasteiger partial charge in [-0.25, -0.2) is 0 Å². The Hall–Kier alpha value is -0.980. The van der Waals surface area contributed by atoms with Crippen LogP contribution in [0.4, 0.5) is 0 Å². The van der Waals surface area contributed by atoms with Gasteiger partial charge in [0.2, 0.25) is 0 Å². The summed E-state index contributed by atoms with van der Waals surface area (Å²) >= 11 is 0. The number of allylic oxidation sites excluding steroid dienone is 4. The van der Waals surface area contributed by atoms with Gasteiger partial charge in [0.15, 0.2) is 0 Å². The fourth-order valence-corrected chi connectivity index (χ4v) is 0.889. The quantitative estimate of drug-likeness (QED) is 0.475. The molecule has 0 fully saturated rings. The molecule has 0 saturated heterocycles. The number of aliphatic hydroxyl groups is 1. The molecule has 0 atom stereocenters. The minimum Gasteiger partial charge on any atom is -0.508 e. The molecule has 0 heterocycles. The summed E-state index contributed by atoms with van der Waals surface area (Å²) < 4.78 is 0. The lowest BCUT2D eigenvalue weighted by molar-refractivity contribution is 0.423. The van der Waals surface area contributed by atoms with Crippen LogP contribution in [-0.2, 0) is 0 Å². The predicted molar refractivity (Wildman–Crippen MR) is 49.6 cm³/mol. The maximum atomic E-state index is 9.37. The Labute approximate surface area is 68.7 Å². The van der Waals surface area contributed by atoms with E-state index in [0.29, 0.717) is 5.76 Å². The van der Waals surface area contributed by atoms with Crippen molar-refractivity contribution in [3.63, 3.8) is 0 Å². The van der Waals surface area contributed by atoms with E-state index in [1.165, 1.54) is 0 Å². The second-order valence-corrected chi connectivity index (χ2v) is 2.35. The van der Waals surface area contributed by atoms with Gasteiger partial charge >= 0.3 is 0 Å². The third-order valence-electron chi connectivity index (χ3n) is 1.70. The van der Waals surface area contributed by atoms with Gasteiger partial charge < -0.3 is 5.11 Å². The number of hydrogen-bond acceptors (Lipinski definition) is 1. The molecule has 0 aliphatic carbocycles. The molecule has 0 amide bonds. The van der Waals surface area contributed by atoms with Crippen molar-refractivity contribution in [3.8, 4) is 0 Å². The van der Waals surface area contributed by atoms with E-state index < -0.39 is 0 Å². The van der Waals surface area contributed by atoms with Crippen LogP contribution in [0.5, 0.6) is 0 Å². The van der Waals surface area contributed by atoms with E-state index in [4.69, 9.17) is 0 Å². The summed E-state index contributed by atoms with van der Waals surface area (Å²) in [5.74, 6) is 0.350. The van der Waals surface area contributed by atoms with Gasteiger partial charge in [-0.3, -0.25) is 0 Å². The molecule has 0 unspecified atom stereocenters. The zero-order valence-electron chi connectivity index (χ0n) is 7.68. The third kappa shape index (κ3) is 2.62. The van der Waals surface area contributed by atoms with E-state index in [2.05, 4.69) is 0 Å². The van der Waals surface area contributed by atoms with Gasteiger partial charge in [-0.05, 0) is 39.3 Å². The van der Waals surface area contributed by atoms with Crippen LogP contribution in [0.15, 0.2) is 35.1 Å². The van der Waals surface area contributed by atoms with E-state index in [-0.39, 0.29) is 0 Å². The fourth-order valence-electron chi connectivity index (χ4n) is 0.889. The Bertz CT molecular complexity index is 187. The highest BCUT2D eigenvalue weighted by molar-refractivity contribution is 5.41. The average molecular weight is 152 g/mol. The first kappa shape index (κ1) is 10.0. The molecule has 11 heavy (non-hydrogen) atoms. The highest BCUT2D eigenvalue weighted by Crippen LogP contribution is 2.15. The second-order valence-electron chi connectivity index (χ2n) is 2.35. The Kier molecular flexibility index (Phi) is 4.35. The first-order valence-electron chi connectivity index (χ1n) is 3.82. The number of hydrogen-bond donors (Lipinski definition) is 1. The van der Waals surface area contributed by atoms with Gasteiger partial charge in [-0.2, -0.15) is 0 Å². The monoisotopic (exact) mass is 152 g/mol. The van der Waals surface area contributed by atoms with Crippen molar-refractivity contribution >= 4 is 0 Å². The lowest BCUT2D eigenvalue weighted by Gasteiger charge is -2.04. The molecule has 1 N–H and O–H groups in total. The predicted octanol–water partition coefficient (Wildman–Crippen LogP) is 3.36. The van der Waals surface area contributed by atoms with E-state index >= 15 is 0 Å². The largest absolute Gasteiger partial charge is 0.508 e. The minimum absolute atomic E-state index is 0.350. The summed E-state index contributed by atoms with van der Waals surface area (Å²) in [6.45, 7) is 7.68. The molecule has 1 nitrogen and oxygen atoms in total.